The molecule has 0 aromatic carbocycles. The molecule has 1 atom stereocenters. The van der Waals surface area contributed by atoms with Gasteiger partial charge in [-0.25, -0.2) is 4.98 Å². The number of nitriles is 1. The molecule has 1 aromatic rings. The van der Waals surface area contributed by atoms with Crippen LogP contribution in [0.1, 0.15) is 38.7 Å². The Labute approximate surface area is 96.5 Å². The van der Waals surface area contributed by atoms with Crippen molar-refractivity contribution < 1.29 is 0 Å². The van der Waals surface area contributed by atoms with E-state index in [1.54, 1.807) is 18.3 Å². The molecule has 3 nitrogen and oxygen atoms in total. The zero-order valence-corrected chi connectivity index (χ0v) is 9.83. The lowest BCUT2D eigenvalue weighted by Crippen LogP contribution is -2.18. The van der Waals surface area contributed by atoms with E-state index >= 15 is 0 Å². The molecule has 1 aliphatic carbocycles. The Morgan fingerprint density at radius 3 is 3.00 bits per heavy atom. The van der Waals surface area contributed by atoms with Gasteiger partial charge in [-0.15, -0.1) is 0 Å². The maximum Gasteiger partial charge on any atom is 0.144 e. The summed E-state index contributed by atoms with van der Waals surface area (Å²) in [6, 6.07) is 6.22. The second-order valence-corrected chi connectivity index (χ2v) is 5.26. The normalized spacial score (nSPS) is 22.7. The predicted molar refractivity (Wildman–Crippen MR) is 64.0 cm³/mol. The van der Waals surface area contributed by atoms with E-state index in [9.17, 15) is 0 Å². The summed E-state index contributed by atoms with van der Waals surface area (Å²) in [6.07, 6.45) is 5.27. The Morgan fingerprint density at radius 1 is 1.56 bits per heavy atom. The number of hydrogen-bond acceptors (Lipinski definition) is 3. The van der Waals surface area contributed by atoms with Gasteiger partial charge in [0, 0.05) is 12.2 Å². The molecular formula is C13H17N3. The first-order valence-corrected chi connectivity index (χ1v) is 5.72. The van der Waals surface area contributed by atoms with Gasteiger partial charge in [0.2, 0.25) is 0 Å². The molecule has 3 heteroatoms. The van der Waals surface area contributed by atoms with Crippen LogP contribution < -0.4 is 5.32 Å². The Bertz CT molecular complexity index is 417. The van der Waals surface area contributed by atoms with Crippen molar-refractivity contribution in [2.45, 2.75) is 39.2 Å². The molecule has 1 heterocycles. The van der Waals surface area contributed by atoms with E-state index in [0.29, 0.717) is 17.0 Å². The fourth-order valence-corrected chi connectivity index (χ4v) is 2.36. The van der Waals surface area contributed by atoms with E-state index in [0.717, 1.165) is 18.7 Å². The lowest BCUT2D eigenvalue weighted by atomic mass is 9.92. The van der Waals surface area contributed by atoms with Crippen LogP contribution in [0.15, 0.2) is 18.3 Å². The summed E-state index contributed by atoms with van der Waals surface area (Å²) in [7, 11) is 0. The van der Waals surface area contributed by atoms with Crippen LogP contribution in [0.5, 0.6) is 0 Å². The summed E-state index contributed by atoms with van der Waals surface area (Å²) in [5, 5.41) is 12.3. The van der Waals surface area contributed by atoms with E-state index < -0.39 is 0 Å². The molecule has 0 spiro atoms. The van der Waals surface area contributed by atoms with Gasteiger partial charge in [-0.3, -0.25) is 0 Å². The second kappa shape index (κ2) is 4.13. The minimum Gasteiger partial charge on any atom is -0.366 e. The van der Waals surface area contributed by atoms with E-state index in [2.05, 4.69) is 30.2 Å². The highest BCUT2D eigenvalue weighted by atomic mass is 15.0. The Kier molecular flexibility index (Phi) is 2.82. The third-order valence-corrected chi connectivity index (χ3v) is 3.24. The largest absolute Gasteiger partial charge is 0.366 e. The van der Waals surface area contributed by atoms with Crippen molar-refractivity contribution in [2.75, 3.05) is 5.32 Å². The van der Waals surface area contributed by atoms with Crippen LogP contribution in [-0.4, -0.2) is 11.0 Å². The second-order valence-electron chi connectivity index (χ2n) is 5.26. The fourth-order valence-electron chi connectivity index (χ4n) is 2.36. The maximum atomic E-state index is 8.97. The Morgan fingerprint density at radius 2 is 2.38 bits per heavy atom. The minimum atomic E-state index is 0.416. The van der Waals surface area contributed by atoms with Gasteiger partial charge in [0.15, 0.2) is 0 Å². The Hall–Kier alpha value is -1.56. The molecule has 0 bridgehead atoms. The highest BCUT2D eigenvalue weighted by Gasteiger charge is 2.31. The number of rotatable bonds is 2. The zero-order chi connectivity index (χ0) is 11.6. The average molecular weight is 215 g/mol. The number of nitrogens with one attached hydrogen (secondary N) is 1. The molecule has 0 saturated heterocycles. The van der Waals surface area contributed by atoms with E-state index in [1.165, 1.54) is 6.42 Å². The van der Waals surface area contributed by atoms with Gasteiger partial charge in [0.25, 0.3) is 0 Å². The predicted octanol–water partition coefficient (Wildman–Crippen LogP) is 2.94. The van der Waals surface area contributed by atoms with Crippen molar-refractivity contribution >= 4 is 5.82 Å². The molecule has 84 valence electrons. The van der Waals surface area contributed by atoms with Crippen LogP contribution in [0.3, 0.4) is 0 Å². The van der Waals surface area contributed by atoms with Crippen molar-refractivity contribution in [3.05, 3.63) is 23.9 Å². The highest BCUT2D eigenvalue weighted by molar-refractivity contribution is 5.51. The summed E-state index contributed by atoms with van der Waals surface area (Å²) in [6.45, 7) is 4.58. The van der Waals surface area contributed by atoms with Crippen LogP contribution in [0, 0.1) is 16.7 Å². The fraction of sp³-hybridized carbons (Fsp3) is 0.538. The van der Waals surface area contributed by atoms with Crippen molar-refractivity contribution in [3.8, 4) is 6.07 Å². The molecular weight excluding hydrogens is 198 g/mol. The lowest BCUT2D eigenvalue weighted by Gasteiger charge is -2.18. The molecule has 1 aromatic heterocycles. The number of aromatic nitrogens is 1. The zero-order valence-electron chi connectivity index (χ0n) is 9.83. The first kappa shape index (κ1) is 10.9. The summed E-state index contributed by atoms with van der Waals surface area (Å²) in [4.78, 5) is 4.23. The standard InChI is InChI=1S/C13H17N3/c1-13(2)6-5-11(8-13)16-12-10(9-14)4-3-7-15-12/h3-4,7,11H,5-6,8H2,1-2H3,(H,15,16). The topological polar surface area (TPSA) is 48.7 Å². The van der Waals surface area contributed by atoms with Crippen molar-refractivity contribution in [2.24, 2.45) is 5.41 Å². The van der Waals surface area contributed by atoms with Crippen LogP contribution in [0.4, 0.5) is 5.82 Å². The molecule has 1 aliphatic rings. The van der Waals surface area contributed by atoms with Gasteiger partial charge in [-0.1, -0.05) is 13.8 Å². The van der Waals surface area contributed by atoms with Gasteiger partial charge in [0.1, 0.15) is 11.9 Å². The maximum absolute atomic E-state index is 8.97. The van der Waals surface area contributed by atoms with Gasteiger partial charge < -0.3 is 5.32 Å². The first-order valence-electron chi connectivity index (χ1n) is 5.72. The quantitative estimate of drug-likeness (QED) is 0.825. The lowest BCUT2D eigenvalue weighted by molar-refractivity contribution is 0.378. The van der Waals surface area contributed by atoms with E-state index in [1.807, 2.05) is 0 Å². The van der Waals surface area contributed by atoms with Crippen molar-refractivity contribution in [1.82, 2.24) is 4.98 Å². The van der Waals surface area contributed by atoms with Crippen LogP contribution >= 0.6 is 0 Å². The molecule has 0 radical (unpaired) electrons. The number of nitrogens with zero attached hydrogens (tertiary/aromatic N) is 2. The minimum absolute atomic E-state index is 0.416. The van der Waals surface area contributed by atoms with Gasteiger partial charge in [0.05, 0.1) is 5.56 Å². The van der Waals surface area contributed by atoms with E-state index in [-0.39, 0.29) is 0 Å². The Balaban J connectivity index is 2.08. The first-order chi connectivity index (χ1) is 7.61. The third kappa shape index (κ3) is 2.33. The molecule has 1 unspecified atom stereocenters. The summed E-state index contributed by atoms with van der Waals surface area (Å²) in [5.74, 6) is 0.729. The van der Waals surface area contributed by atoms with Gasteiger partial charge in [-0.2, -0.15) is 5.26 Å². The summed E-state index contributed by atoms with van der Waals surface area (Å²) >= 11 is 0. The smallest absolute Gasteiger partial charge is 0.144 e. The van der Waals surface area contributed by atoms with Crippen LogP contribution in [0.25, 0.3) is 0 Å². The number of pyridine rings is 1. The average Bonchev–Trinajstić information content (AvgIpc) is 2.59. The van der Waals surface area contributed by atoms with Crippen molar-refractivity contribution in [3.63, 3.8) is 0 Å². The van der Waals surface area contributed by atoms with E-state index in [4.69, 9.17) is 5.26 Å². The molecule has 2 rings (SSSR count). The van der Waals surface area contributed by atoms with Gasteiger partial charge in [-0.05, 0) is 36.8 Å². The number of anilines is 1. The molecule has 16 heavy (non-hydrogen) atoms. The monoisotopic (exact) mass is 215 g/mol. The van der Waals surface area contributed by atoms with Crippen molar-refractivity contribution in [1.29, 1.82) is 5.26 Å². The SMILES string of the molecule is CC1(C)CCC(Nc2ncccc2C#N)C1. The molecule has 0 aliphatic heterocycles. The molecule has 1 fully saturated rings. The van der Waals surface area contributed by atoms with Crippen LogP contribution in [0.2, 0.25) is 0 Å². The molecule has 1 N–H and O–H groups in total. The highest BCUT2D eigenvalue weighted by Crippen LogP contribution is 2.38. The van der Waals surface area contributed by atoms with Gasteiger partial charge >= 0.3 is 0 Å². The summed E-state index contributed by atoms with van der Waals surface area (Å²) in [5.41, 5.74) is 1.05. The molecule has 1 saturated carbocycles. The van der Waals surface area contributed by atoms with Crippen LogP contribution in [-0.2, 0) is 0 Å². The third-order valence-electron chi connectivity index (χ3n) is 3.24. The number of hydrogen-bond donors (Lipinski definition) is 1. The molecule has 0 amide bonds. The summed E-state index contributed by atoms with van der Waals surface area (Å²) < 4.78 is 0.